The quantitative estimate of drug-likeness (QED) is 0.474. The Balaban J connectivity index is 1.67. The van der Waals surface area contributed by atoms with Crippen molar-refractivity contribution in [3.05, 3.63) is 65.1 Å². The van der Waals surface area contributed by atoms with Gasteiger partial charge in [-0.1, -0.05) is 40.2 Å². The molecule has 0 saturated heterocycles. The molecule has 0 amide bonds. The first-order chi connectivity index (χ1) is 11.7. The van der Waals surface area contributed by atoms with Crippen LogP contribution in [-0.2, 0) is 4.79 Å². The van der Waals surface area contributed by atoms with Gasteiger partial charge in [0.1, 0.15) is 17.2 Å². The zero-order chi connectivity index (χ0) is 16.9. The van der Waals surface area contributed by atoms with E-state index in [0.29, 0.717) is 11.5 Å². The fourth-order valence-electron chi connectivity index (χ4n) is 2.29. The lowest BCUT2D eigenvalue weighted by molar-refractivity contribution is -0.136. The molecule has 3 aromatic carbocycles. The van der Waals surface area contributed by atoms with Gasteiger partial charge >= 0.3 is 5.97 Å². The van der Waals surface area contributed by atoms with Crippen molar-refractivity contribution in [2.45, 2.75) is 0 Å². The molecule has 3 rings (SSSR count). The molecule has 0 atom stereocenters. The second-order valence-electron chi connectivity index (χ2n) is 5.03. The summed E-state index contributed by atoms with van der Waals surface area (Å²) >= 11 is 3.49. The van der Waals surface area contributed by atoms with Gasteiger partial charge in [0.05, 0.1) is 7.11 Å². The van der Waals surface area contributed by atoms with Crippen molar-refractivity contribution in [1.29, 1.82) is 0 Å². The largest absolute Gasteiger partial charge is 0.497 e. The van der Waals surface area contributed by atoms with Crippen molar-refractivity contribution in [3.8, 4) is 17.2 Å². The first kappa shape index (κ1) is 16.3. The number of carbonyl (C=O) groups is 1. The highest BCUT2D eigenvalue weighted by Crippen LogP contribution is 2.31. The lowest BCUT2D eigenvalue weighted by atomic mass is 10.1. The van der Waals surface area contributed by atoms with Gasteiger partial charge in [-0.25, -0.2) is 4.79 Å². The first-order valence-corrected chi connectivity index (χ1v) is 8.11. The summed E-state index contributed by atoms with van der Waals surface area (Å²) in [5, 5.41) is 1.85. The van der Waals surface area contributed by atoms with Crippen LogP contribution in [0.1, 0.15) is 0 Å². The van der Waals surface area contributed by atoms with Crippen LogP contribution in [0.2, 0.25) is 0 Å². The van der Waals surface area contributed by atoms with Crippen LogP contribution in [0, 0.1) is 0 Å². The molecule has 0 fully saturated rings. The topological polar surface area (TPSA) is 44.8 Å². The predicted octanol–water partition coefficient (Wildman–Crippen LogP) is 4.60. The van der Waals surface area contributed by atoms with E-state index in [1.165, 1.54) is 0 Å². The fourth-order valence-corrected chi connectivity index (χ4v) is 2.77. The van der Waals surface area contributed by atoms with Gasteiger partial charge in [-0.05, 0) is 41.8 Å². The normalized spacial score (nSPS) is 10.4. The highest BCUT2D eigenvalue weighted by Gasteiger charge is 2.10. The van der Waals surface area contributed by atoms with Gasteiger partial charge in [-0.3, -0.25) is 0 Å². The SMILES string of the molecule is COc1ccc(OCC(=O)Oc2ccc(Br)c3ccccc23)cc1. The lowest BCUT2D eigenvalue weighted by Crippen LogP contribution is -2.17. The molecule has 0 aliphatic carbocycles. The zero-order valence-electron chi connectivity index (χ0n) is 13.0. The minimum absolute atomic E-state index is 0.170. The number of methoxy groups -OCH3 is 1. The van der Waals surface area contributed by atoms with E-state index >= 15 is 0 Å². The third kappa shape index (κ3) is 3.68. The second kappa shape index (κ2) is 7.36. The lowest BCUT2D eigenvalue weighted by Gasteiger charge is -2.10. The van der Waals surface area contributed by atoms with Crippen LogP contribution >= 0.6 is 15.9 Å². The Morgan fingerprint density at radius 1 is 0.917 bits per heavy atom. The van der Waals surface area contributed by atoms with Crippen LogP contribution in [0.5, 0.6) is 17.2 Å². The monoisotopic (exact) mass is 386 g/mol. The molecule has 24 heavy (non-hydrogen) atoms. The van der Waals surface area contributed by atoms with E-state index in [2.05, 4.69) is 15.9 Å². The minimum Gasteiger partial charge on any atom is -0.497 e. The van der Waals surface area contributed by atoms with Gasteiger partial charge in [0, 0.05) is 9.86 Å². The van der Waals surface area contributed by atoms with Crippen LogP contribution in [0.3, 0.4) is 0 Å². The number of esters is 1. The molecule has 0 N–H and O–H groups in total. The molecule has 0 aliphatic rings. The van der Waals surface area contributed by atoms with Gasteiger partial charge in [0.25, 0.3) is 0 Å². The van der Waals surface area contributed by atoms with E-state index in [-0.39, 0.29) is 6.61 Å². The average molecular weight is 387 g/mol. The summed E-state index contributed by atoms with van der Waals surface area (Å²) in [4.78, 5) is 12.1. The number of carbonyl (C=O) groups excluding carboxylic acids is 1. The first-order valence-electron chi connectivity index (χ1n) is 7.32. The molecule has 0 aliphatic heterocycles. The Bertz CT molecular complexity index is 859. The van der Waals surface area contributed by atoms with E-state index in [0.717, 1.165) is 21.0 Å². The third-order valence-corrected chi connectivity index (χ3v) is 4.16. The molecule has 4 nitrogen and oxygen atoms in total. The van der Waals surface area contributed by atoms with Crippen LogP contribution < -0.4 is 14.2 Å². The van der Waals surface area contributed by atoms with Crippen molar-refractivity contribution in [1.82, 2.24) is 0 Å². The number of benzene rings is 3. The molecule has 0 saturated carbocycles. The molecule has 0 radical (unpaired) electrons. The predicted molar refractivity (Wildman–Crippen MR) is 95.8 cm³/mol. The molecule has 0 unspecified atom stereocenters. The average Bonchev–Trinajstić information content (AvgIpc) is 2.63. The van der Waals surface area contributed by atoms with Gasteiger partial charge in [-0.15, -0.1) is 0 Å². The number of fused-ring (bicyclic) bond motifs is 1. The minimum atomic E-state index is -0.460. The number of hydrogen-bond donors (Lipinski definition) is 0. The molecule has 5 heteroatoms. The highest BCUT2D eigenvalue weighted by molar-refractivity contribution is 9.10. The smallest absolute Gasteiger partial charge is 0.349 e. The highest BCUT2D eigenvalue weighted by atomic mass is 79.9. The van der Waals surface area contributed by atoms with E-state index in [1.54, 1.807) is 37.4 Å². The maximum Gasteiger partial charge on any atom is 0.349 e. The van der Waals surface area contributed by atoms with Gasteiger partial charge in [0.15, 0.2) is 6.61 Å². The van der Waals surface area contributed by atoms with Crippen molar-refractivity contribution in [2.75, 3.05) is 13.7 Å². The molecular weight excluding hydrogens is 372 g/mol. The Labute approximate surface area is 148 Å². The van der Waals surface area contributed by atoms with E-state index in [1.807, 2.05) is 30.3 Å². The standard InChI is InChI=1S/C19H15BrO4/c1-22-13-6-8-14(9-7-13)23-12-19(21)24-18-11-10-17(20)15-4-2-3-5-16(15)18/h2-11H,12H2,1H3. The summed E-state index contributed by atoms with van der Waals surface area (Å²) in [6, 6.07) is 18.3. The maximum absolute atomic E-state index is 12.1. The van der Waals surface area contributed by atoms with Crippen molar-refractivity contribution in [3.63, 3.8) is 0 Å². The van der Waals surface area contributed by atoms with E-state index in [4.69, 9.17) is 14.2 Å². The molecule has 0 aromatic heterocycles. The number of ether oxygens (including phenoxy) is 3. The Kier molecular flexibility index (Phi) is 5.01. The zero-order valence-corrected chi connectivity index (χ0v) is 14.6. The third-order valence-electron chi connectivity index (χ3n) is 3.47. The van der Waals surface area contributed by atoms with Crippen LogP contribution in [0.25, 0.3) is 10.8 Å². The van der Waals surface area contributed by atoms with Crippen LogP contribution in [0.15, 0.2) is 65.1 Å². The van der Waals surface area contributed by atoms with Crippen molar-refractivity contribution < 1.29 is 19.0 Å². The molecule has 3 aromatic rings. The van der Waals surface area contributed by atoms with E-state index in [9.17, 15) is 4.79 Å². The maximum atomic E-state index is 12.1. The Morgan fingerprint density at radius 2 is 1.58 bits per heavy atom. The molecule has 0 spiro atoms. The van der Waals surface area contributed by atoms with Gasteiger partial charge in [-0.2, -0.15) is 0 Å². The van der Waals surface area contributed by atoms with Gasteiger partial charge < -0.3 is 14.2 Å². The summed E-state index contributed by atoms with van der Waals surface area (Å²) in [5.74, 6) is 1.36. The summed E-state index contributed by atoms with van der Waals surface area (Å²) in [7, 11) is 1.59. The molecular formula is C19H15BrO4. The summed E-state index contributed by atoms with van der Waals surface area (Å²) in [6.45, 7) is -0.170. The summed E-state index contributed by atoms with van der Waals surface area (Å²) in [5.41, 5.74) is 0. The molecule has 0 bridgehead atoms. The number of hydrogen-bond acceptors (Lipinski definition) is 4. The Morgan fingerprint density at radius 3 is 2.29 bits per heavy atom. The van der Waals surface area contributed by atoms with Crippen LogP contribution in [0.4, 0.5) is 0 Å². The van der Waals surface area contributed by atoms with Crippen molar-refractivity contribution in [2.24, 2.45) is 0 Å². The van der Waals surface area contributed by atoms with E-state index < -0.39 is 5.97 Å². The van der Waals surface area contributed by atoms with Crippen molar-refractivity contribution >= 4 is 32.7 Å². The van der Waals surface area contributed by atoms with Gasteiger partial charge in [0.2, 0.25) is 0 Å². The summed E-state index contributed by atoms with van der Waals surface area (Å²) < 4.78 is 16.9. The fraction of sp³-hybridized carbons (Fsp3) is 0.105. The molecule has 122 valence electrons. The number of rotatable bonds is 5. The molecule has 0 heterocycles. The summed E-state index contributed by atoms with van der Waals surface area (Å²) in [6.07, 6.45) is 0. The number of halogens is 1. The Hall–Kier alpha value is -2.53. The van der Waals surface area contributed by atoms with Crippen LogP contribution in [-0.4, -0.2) is 19.7 Å². The second-order valence-corrected chi connectivity index (χ2v) is 5.88.